The van der Waals surface area contributed by atoms with Gasteiger partial charge >= 0.3 is 0 Å². The molecule has 1 aromatic carbocycles. The summed E-state index contributed by atoms with van der Waals surface area (Å²) < 4.78 is 43.0. The number of nitrogens with zero attached hydrogens (tertiary/aromatic N) is 2. The highest BCUT2D eigenvalue weighted by molar-refractivity contribution is 5.76. The summed E-state index contributed by atoms with van der Waals surface area (Å²) >= 11 is 0. The Bertz CT molecular complexity index is 1040. The Labute approximate surface area is 211 Å². The number of allylic oxidation sites excluding steroid dienone is 5. The van der Waals surface area contributed by atoms with Gasteiger partial charge in [-0.25, -0.2) is 18.2 Å². The number of alkyl halides is 3. The van der Waals surface area contributed by atoms with Gasteiger partial charge in [0.2, 0.25) is 5.89 Å². The highest BCUT2D eigenvalue weighted by Crippen LogP contribution is 2.25. The summed E-state index contributed by atoms with van der Waals surface area (Å²) in [7, 11) is 0. The largest absolute Gasteiger partial charge is 0.434 e. The van der Waals surface area contributed by atoms with Gasteiger partial charge < -0.3 is 14.0 Å². The lowest BCUT2D eigenvalue weighted by molar-refractivity contribution is -0.0987. The summed E-state index contributed by atoms with van der Waals surface area (Å²) in [6, 6.07) is 7.84. The molecule has 2 heterocycles. The molecule has 36 heavy (non-hydrogen) atoms. The number of halogens is 3. The van der Waals surface area contributed by atoms with Crippen LogP contribution in [0.5, 0.6) is 0 Å². The van der Waals surface area contributed by atoms with Gasteiger partial charge in [-0.15, -0.1) is 0 Å². The number of benzene rings is 1. The zero-order valence-electron chi connectivity index (χ0n) is 21.7. The summed E-state index contributed by atoms with van der Waals surface area (Å²) in [5.41, 5.74) is 4.26. The molecule has 196 valence electrons. The van der Waals surface area contributed by atoms with Crippen LogP contribution in [0.4, 0.5) is 13.2 Å². The number of fused-ring (bicyclic) bond motifs is 1. The molecule has 0 spiro atoms. The third-order valence-electron chi connectivity index (χ3n) is 3.99. The van der Waals surface area contributed by atoms with Crippen molar-refractivity contribution in [2.75, 3.05) is 0 Å². The Kier molecular flexibility index (Phi) is 18.6. The van der Waals surface area contributed by atoms with E-state index in [0.717, 1.165) is 5.57 Å². The van der Waals surface area contributed by atoms with Crippen molar-refractivity contribution in [2.45, 2.75) is 54.1 Å². The Balaban J connectivity index is 0. The lowest BCUT2D eigenvalue weighted by atomic mass is 10.0. The molecule has 5 nitrogen and oxygen atoms in total. The van der Waals surface area contributed by atoms with Crippen LogP contribution in [0.15, 0.2) is 71.3 Å². The molecule has 3 rings (SSSR count). The average Bonchev–Trinajstić information content (AvgIpc) is 3.31. The molecule has 0 aliphatic rings. The normalized spacial score (nSPS) is 10.7. The fraction of sp³-hybridized carbons (Fsp3) is 0.286. The van der Waals surface area contributed by atoms with Crippen LogP contribution < -0.4 is 0 Å². The van der Waals surface area contributed by atoms with E-state index in [2.05, 4.69) is 16.5 Å². The van der Waals surface area contributed by atoms with Crippen LogP contribution in [0, 0.1) is 6.92 Å². The maximum atomic E-state index is 12.8. The van der Waals surface area contributed by atoms with Gasteiger partial charge in [-0.3, -0.25) is 0 Å². The molecule has 0 fully saturated rings. The van der Waals surface area contributed by atoms with Crippen LogP contribution in [0.3, 0.4) is 0 Å². The van der Waals surface area contributed by atoms with E-state index in [1.165, 1.54) is 24.6 Å². The second kappa shape index (κ2) is 19.5. The molecule has 0 saturated carbocycles. The second-order valence-electron chi connectivity index (χ2n) is 7.02. The van der Waals surface area contributed by atoms with E-state index >= 15 is 0 Å². The van der Waals surface area contributed by atoms with Gasteiger partial charge in [-0.2, -0.15) is 4.98 Å². The number of rotatable bonds is 5. The number of carbonyl (C=O) groups is 2. The van der Waals surface area contributed by atoms with Crippen molar-refractivity contribution in [3.05, 3.63) is 89.5 Å². The van der Waals surface area contributed by atoms with Gasteiger partial charge in [0.05, 0.1) is 0 Å². The number of hydrogen-bond acceptors (Lipinski definition) is 5. The summed E-state index contributed by atoms with van der Waals surface area (Å²) in [4.78, 5) is 24.5. The summed E-state index contributed by atoms with van der Waals surface area (Å²) in [5, 5.41) is 0. The van der Waals surface area contributed by atoms with Gasteiger partial charge in [0, 0.05) is 17.3 Å². The third kappa shape index (κ3) is 12.1. The first-order valence-electron chi connectivity index (χ1n) is 11.0. The molecule has 2 aromatic heterocycles. The van der Waals surface area contributed by atoms with Gasteiger partial charge in [-0.05, 0) is 51.5 Å². The molecular weight excluding hydrogens is 469 g/mol. The zero-order chi connectivity index (χ0) is 28.3. The van der Waals surface area contributed by atoms with Crippen molar-refractivity contribution < 1.29 is 27.2 Å². The maximum absolute atomic E-state index is 12.8. The number of oxazole rings is 1. The SMILES string of the molecule is C=C/C=C(\C=C(C)C)c1nc2ncccc2o1.C=O.C=O.CC.Cc1cc(C(C)F)cc(C(F)F)c1. The van der Waals surface area contributed by atoms with Crippen molar-refractivity contribution in [1.29, 1.82) is 0 Å². The van der Waals surface area contributed by atoms with Crippen LogP contribution in [-0.2, 0) is 9.59 Å². The molecule has 0 saturated heterocycles. The number of aryl methyl sites for hydroxylation is 1. The van der Waals surface area contributed by atoms with Crippen molar-refractivity contribution in [1.82, 2.24) is 9.97 Å². The van der Waals surface area contributed by atoms with E-state index in [1.807, 2.05) is 65.6 Å². The van der Waals surface area contributed by atoms with E-state index < -0.39 is 12.6 Å². The zero-order valence-corrected chi connectivity index (χ0v) is 21.7. The molecule has 0 amide bonds. The third-order valence-corrected chi connectivity index (χ3v) is 3.99. The fourth-order valence-electron chi connectivity index (χ4n) is 2.71. The van der Waals surface area contributed by atoms with E-state index in [9.17, 15) is 13.2 Å². The highest BCUT2D eigenvalue weighted by atomic mass is 19.3. The lowest BCUT2D eigenvalue weighted by Gasteiger charge is -2.07. The molecule has 0 aliphatic heterocycles. The predicted octanol–water partition coefficient (Wildman–Crippen LogP) is 8.38. The molecule has 3 aromatic rings. The van der Waals surface area contributed by atoms with Gasteiger partial charge in [0.1, 0.15) is 19.7 Å². The van der Waals surface area contributed by atoms with E-state index in [-0.39, 0.29) is 5.56 Å². The van der Waals surface area contributed by atoms with Gasteiger partial charge in [0.25, 0.3) is 6.43 Å². The monoisotopic (exact) mass is 504 g/mol. The van der Waals surface area contributed by atoms with Crippen molar-refractivity contribution in [3.63, 3.8) is 0 Å². The Hall–Kier alpha value is -3.81. The summed E-state index contributed by atoms with van der Waals surface area (Å²) in [6.07, 6.45) is 3.57. The Morgan fingerprint density at radius 2 is 1.61 bits per heavy atom. The molecule has 0 aliphatic carbocycles. The van der Waals surface area contributed by atoms with Crippen LogP contribution in [0.1, 0.15) is 69.8 Å². The molecular formula is C28H35F3N2O3. The van der Waals surface area contributed by atoms with Crippen molar-refractivity contribution in [3.8, 4) is 0 Å². The quantitative estimate of drug-likeness (QED) is 0.326. The number of hydrogen-bond donors (Lipinski definition) is 0. The molecule has 0 radical (unpaired) electrons. The molecule has 1 unspecified atom stereocenters. The topological polar surface area (TPSA) is 73.1 Å². The lowest BCUT2D eigenvalue weighted by Crippen LogP contribution is -1.92. The molecule has 0 bridgehead atoms. The van der Waals surface area contributed by atoms with Crippen LogP contribution in [0.2, 0.25) is 0 Å². The van der Waals surface area contributed by atoms with E-state index in [4.69, 9.17) is 14.0 Å². The minimum absolute atomic E-state index is 0.112. The molecule has 8 heteroatoms. The number of aromatic nitrogens is 2. The van der Waals surface area contributed by atoms with E-state index in [1.54, 1.807) is 25.3 Å². The standard InChI is InChI=1S/C14H14N2O.C10H11F3.C2H6.2CH2O/c1-4-6-11(9-10(2)3)14-16-13-12(17-14)7-5-8-15-13;1-6-3-8(7(2)11)5-9(4-6)10(12)13;3*1-2/h4-9H,1H2,2-3H3;3-5,7,10H,1-2H3;1-2H3;2*1H2/b11-6+;;;;. The first-order chi connectivity index (χ1) is 17.2. The average molecular weight is 505 g/mol. The number of pyridine rings is 1. The van der Waals surface area contributed by atoms with Gasteiger partial charge in [-0.1, -0.05) is 61.9 Å². The fourth-order valence-corrected chi connectivity index (χ4v) is 2.71. The molecule has 1 atom stereocenters. The first-order valence-corrected chi connectivity index (χ1v) is 11.0. The summed E-state index contributed by atoms with van der Waals surface area (Å²) in [6.45, 7) is 18.8. The predicted molar refractivity (Wildman–Crippen MR) is 141 cm³/mol. The van der Waals surface area contributed by atoms with Crippen LogP contribution >= 0.6 is 0 Å². The first kappa shape index (κ1) is 34.4. The second-order valence-corrected chi connectivity index (χ2v) is 7.02. The smallest absolute Gasteiger partial charge is 0.263 e. The van der Waals surface area contributed by atoms with Gasteiger partial charge in [0.15, 0.2) is 11.2 Å². The van der Waals surface area contributed by atoms with E-state index in [0.29, 0.717) is 28.2 Å². The number of carbonyl (C=O) groups excluding carboxylic acids is 2. The highest BCUT2D eigenvalue weighted by Gasteiger charge is 2.11. The van der Waals surface area contributed by atoms with Crippen LogP contribution in [0.25, 0.3) is 16.8 Å². The minimum atomic E-state index is -2.53. The maximum Gasteiger partial charge on any atom is 0.263 e. The Morgan fingerprint density at radius 3 is 2.08 bits per heavy atom. The van der Waals surface area contributed by atoms with Crippen molar-refractivity contribution in [2.24, 2.45) is 0 Å². The minimum Gasteiger partial charge on any atom is -0.434 e. The van der Waals surface area contributed by atoms with Crippen molar-refractivity contribution >= 4 is 30.4 Å². The Morgan fingerprint density at radius 1 is 1.03 bits per heavy atom. The van der Waals surface area contributed by atoms with Crippen LogP contribution in [-0.4, -0.2) is 23.5 Å². The molecule has 0 N–H and O–H groups in total. The summed E-state index contributed by atoms with van der Waals surface area (Å²) in [5.74, 6) is 0.569.